The van der Waals surface area contributed by atoms with Crippen molar-refractivity contribution < 1.29 is 14.3 Å². The van der Waals surface area contributed by atoms with Crippen molar-refractivity contribution in [1.29, 1.82) is 0 Å². The van der Waals surface area contributed by atoms with Crippen LogP contribution in [0.2, 0.25) is 18.1 Å². The highest BCUT2D eigenvalue weighted by atomic mass is 28.4. The van der Waals surface area contributed by atoms with Crippen molar-refractivity contribution in [2.75, 3.05) is 0 Å². The Morgan fingerprint density at radius 1 is 1.26 bits per heavy atom. The van der Waals surface area contributed by atoms with Gasteiger partial charge in [0.1, 0.15) is 6.10 Å². The van der Waals surface area contributed by atoms with E-state index in [0.717, 1.165) is 6.42 Å². The lowest BCUT2D eigenvalue weighted by molar-refractivity contribution is -0.146. The van der Waals surface area contributed by atoms with E-state index in [4.69, 9.17) is 4.43 Å². The van der Waals surface area contributed by atoms with Crippen molar-refractivity contribution >= 4 is 14.3 Å². The fourth-order valence-corrected chi connectivity index (χ4v) is 4.54. The third kappa shape index (κ3) is 4.92. The summed E-state index contributed by atoms with van der Waals surface area (Å²) in [6, 6.07) is 0. The Hall–Kier alpha value is -0.353. The van der Waals surface area contributed by atoms with Crippen molar-refractivity contribution in [3.8, 4) is 0 Å². The predicted octanol–water partition coefficient (Wildman–Crippen LogP) is 4.53. The molecule has 4 heteroatoms. The van der Waals surface area contributed by atoms with Crippen molar-refractivity contribution in [2.45, 2.75) is 78.6 Å². The molecular weight excluding hydrogens is 256 g/mol. The Morgan fingerprint density at radius 3 is 2.05 bits per heavy atom. The second-order valence-electron chi connectivity index (χ2n) is 7.08. The fourth-order valence-electron chi connectivity index (χ4n) is 1.93. The van der Waals surface area contributed by atoms with Gasteiger partial charge in [-0.3, -0.25) is 0 Å². The molecular formula is C15H32O3Si. The van der Waals surface area contributed by atoms with Gasteiger partial charge in [0.15, 0.2) is 8.32 Å². The first-order chi connectivity index (χ1) is 8.45. The zero-order valence-corrected chi connectivity index (χ0v) is 14.9. The smallest absolute Gasteiger partial charge is 0.331 e. The summed E-state index contributed by atoms with van der Waals surface area (Å²) in [6.07, 6.45) is 0.939. The maximum absolute atomic E-state index is 11.4. The largest absolute Gasteiger partial charge is 0.479 e. The van der Waals surface area contributed by atoms with E-state index >= 15 is 0 Å². The SMILES string of the molecule is CCC(C)CC(O[Si](C)(C)C(C)(C)C(C)C)C(=O)O. The summed E-state index contributed by atoms with van der Waals surface area (Å²) in [4.78, 5) is 11.4. The number of carboxylic acid groups (broad SMARTS) is 1. The van der Waals surface area contributed by atoms with Gasteiger partial charge in [-0.1, -0.05) is 48.0 Å². The Kier molecular flexibility index (Phi) is 6.76. The summed E-state index contributed by atoms with van der Waals surface area (Å²) in [5.74, 6) is 0.0423. The van der Waals surface area contributed by atoms with Crippen molar-refractivity contribution in [3.63, 3.8) is 0 Å². The second kappa shape index (κ2) is 6.89. The molecule has 0 spiro atoms. The summed E-state index contributed by atoms with van der Waals surface area (Å²) in [5.41, 5.74) is 0. The van der Waals surface area contributed by atoms with Gasteiger partial charge >= 0.3 is 5.97 Å². The van der Waals surface area contributed by atoms with E-state index in [1.165, 1.54) is 0 Å². The molecule has 2 atom stereocenters. The lowest BCUT2D eigenvalue weighted by Crippen LogP contribution is -2.49. The average Bonchev–Trinajstić information content (AvgIpc) is 2.26. The first kappa shape index (κ1) is 18.6. The Labute approximate surface area is 119 Å². The molecule has 0 aromatic rings. The molecule has 0 saturated heterocycles. The van der Waals surface area contributed by atoms with E-state index in [2.05, 4.69) is 54.6 Å². The molecule has 0 amide bonds. The van der Waals surface area contributed by atoms with Crippen LogP contribution in [0.15, 0.2) is 0 Å². The molecule has 1 N–H and O–H groups in total. The predicted molar refractivity (Wildman–Crippen MR) is 82.9 cm³/mol. The quantitative estimate of drug-likeness (QED) is 0.667. The molecule has 0 saturated carbocycles. The van der Waals surface area contributed by atoms with Crippen LogP contribution in [0.5, 0.6) is 0 Å². The minimum atomic E-state index is -2.08. The summed E-state index contributed by atoms with van der Waals surface area (Å²) < 4.78 is 6.14. The van der Waals surface area contributed by atoms with Gasteiger partial charge in [-0.25, -0.2) is 4.79 Å². The van der Waals surface area contributed by atoms with E-state index < -0.39 is 20.4 Å². The van der Waals surface area contributed by atoms with Crippen LogP contribution < -0.4 is 0 Å². The van der Waals surface area contributed by atoms with Gasteiger partial charge in [0.05, 0.1) is 0 Å². The lowest BCUT2D eigenvalue weighted by atomic mass is 9.99. The maximum Gasteiger partial charge on any atom is 0.331 e. The molecule has 0 radical (unpaired) electrons. The molecule has 0 aliphatic heterocycles. The number of hydrogen-bond acceptors (Lipinski definition) is 2. The molecule has 0 aliphatic rings. The van der Waals surface area contributed by atoms with E-state index in [1.54, 1.807) is 0 Å². The first-order valence-electron chi connectivity index (χ1n) is 7.36. The van der Waals surface area contributed by atoms with Gasteiger partial charge in [0, 0.05) is 0 Å². The number of aliphatic carboxylic acids is 1. The molecule has 0 aliphatic carbocycles. The molecule has 0 aromatic heterocycles. The van der Waals surface area contributed by atoms with E-state index in [9.17, 15) is 9.90 Å². The minimum absolute atomic E-state index is 0.0517. The van der Waals surface area contributed by atoms with Gasteiger partial charge in [0.25, 0.3) is 0 Å². The zero-order valence-electron chi connectivity index (χ0n) is 13.9. The van der Waals surface area contributed by atoms with Crippen LogP contribution in [-0.4, -0.2) is 25.5 Å². The Bertz CT molecular complexity index is 298. The first-order valence-corrected chi connectivity index (χ1v) is 10.3. The number of carboxylic acids is 1. The monoisotopic (exact) mass is 288 g/mol. The highest BCUT2D eigenvalue weighted by molar-refractivity contribution is 6.74. The van der Waals surface area contributed by atoms with Gasteiger partial charge in [0.2, 0.25) is 0 Å². The summed E-state index contributed by atoms with van der Waals surface area (Å²) in [6.45, 7) is 17.2. The molecule has 3 nitrogen and oxygen atoms in total. The van der Waals surface area contributed by atoms with E-state index in [-0.39, 0.29) is 5.04 Å². The second-order valence-corrected chi connectivity index (χ2v) is 11.6. The van der Waals surface area contributed by atoms with Gasteiger partial charge in [-0.2, -0.15) is 0 Å². The van der Waals surface area contributed by atoms with Gasteiger partial charge < -0.3 is 9.53 Å². The molecule has 0 rings (SSSR count). The van der Waals surface area contributed by atoms with E-state index in [0.29, 0.717) is 18.3 Å². The van der Waals surface area contributed by atoms with Crippen LogP contribution in [0.25, 0.3) is 0 Å². The van der Waals surface area contributed by atoms with Crippen LogP contribution in [0.3, 0.4) is 0 Å². The topological polar surface area (TPSA) is 46.5 Å². The fraction of sp³-hybridized carbons (Fsp3) is 0.933. The van der Waals surface area contributed by atoms with Crippen LogP contribution in [-0.2, 0) is 9.22 Å². The number of hydrogen-bond donors (Lipinski definition) is 1. The maximum atomic E-state index is 11.4. The molecule has 0 fully saturated rings. The van der Waals surface area contributed by atoms with E-state index in [1.807, 2.05) is 0 Å². The summed E-state index contributed by atoms with van der Waals surface area (Å²) in [5, 5.41) is 9.43. The highest BCUT2D eigenvalue weighted by Gasteiger charge is 2.45. The summed E-state index contributed by atoms with van der Waals surface area (Å²) >= 11 is 0. The van der Waals surface area contributed by atoms with Crippen molar-refractivity contribution in [3.05, 3.63) is 0 Å². The van der Waals surface area contributed by atoms with Gasteiger partial charge in [-0.05, 0) is 36.4 Å². The van der Waals surface area contributed by atoms with Crippen LogP contribution in [0, 0.1) is 11.8 Å². The normalized spacial score (nSPS) is 16.5. The molecule has 0 aromatic carbocycles. The third-order valence-electron chi connectivity index (χ3n) is 5.02. The standard InChI is InChI=1S/C15H32O3Si/c1-9-12(4)10-13(14(16)17)18-19(7,8)15(5,6)11(2)3/h11-13H,9-10H2,1-8H3,(H,16,17). The molecule has 2 unspecified atom stereocenters. The summed E-state index contributed by atoms with van der Waals surface area (Å²) in [7, 11) is -2.08. The van der Waals surface area contributed by atoms with Crippen LogP contribution in [0.4, 0.5) is 0 Å². The zero-order chi connectivity index (χ0) is 15.4. The van der Waals surface area contributed by atoms with Crippen LogP contribution >= 0.6 is 0 Å². The Morgan fingerprint density at radius 2 is 1.74 bits per heavy atom. The lowest BCUT2D eigenvalue weighted by Gasteiger charge is -2.44. The van der Waals surface area contributed by atoms with Gasteiger partial charge in [-0.15, -0.1) is 0 Å². The van der Waals surface area contributed by atoms with Crippen LogP contribution in [0.1, 0.15) is 54.4 Å². The molecule has 0 heterocycles. The van der Waals surface area contributed by atoms with Crippen molar-refractivity contribution in [2.24, 2.45) is 11.8 Å². The number of carbonyl (C=O) groups is 1. The number of rotatable bonds is 8. The Balaban J connectivity index is 4.98. The molecule has 0 bridgehead atoms. The average molecular weight is 289 g/mol. The minimum Gasteiger partial charge on any atom is -0.479 e. The molecule has 19 heavy (non-hydrogen) atoms. The third-order valence-corrected chi connectivity index (χ3v) is 9.58. The highest BCUT2D eigenvalue weighted by Crippen LogP contribution is 2.45. The molecule has 114 valence electrons. The van der Waals surface area contributed by atoms with Crippen molar-refractivity contribution in [1.82, 2.24) is 0 Å².